The van der Waals surface area contributed by atoms with E-state index in [-0.39, 0.29) is 5.56 Å². The highest BCUT2D eigenvalue weighted by atomic mass is 79.9. The van der Waals surface area contributed by atoms with Crippen molar-refractivity contribution in [1.82, 2.24) is 0 Å². The standard InChI is InChI=1S/C14H7BrF6/c15-13(12-10(17)5-9(16)6-11(12)18)7-2-1-3-8(4-7)14(19,20)21/h1-6,13H. The minimum absolute atomic E-state index is 0.00855. The number of benzene rings is 2. The molecule has 1 atom stereocenters. The third-order valence-electron chi connectivity index (χ3n) is 2.80. The fraction of sp³-hybridized carbons (Fsp3) is 0.143. The Labute approximate surface area is 124 Å². The minimum Gasteiger partial charge on any atom is -0.207 e. The normalized spacial score (nSPS) is 13.3. The fourth-order valence-corrected chi connectivity index (χ4v) is 2.56. The van der Waals surface area contributed by atoms with Crippen LogP contribution >= 0.6 is 15.9 Å². The maximum Gasteiger partial charge on any atom is 0.416 e. The van der Waals surface area contributed by atoms with Crippen LogP contribution in [0, 0.1) is 17.5 Å². The third kappa shape index (κ3) is 3.40. The van der Waals surface area contributed by atoms with Gasteiger partial charge in [-0.3, -0.25) is 0 Å². The molecule has 0 aliphatic heterocycles. The maximum absolute atomic E-state index is 13.6. The first-order chi connectivity index (χ1) is 9.70. The van der Waals surface area contributed by atoms with Crippen molar-refractivity contribution in [2.24, 2.45) is 0 Å². The summed E-state index contributed by atoms with van der Waals surface area (Å²) in [6.07, 6.45) is -4.57. The molecule has 0 bridgehead atoms. The quantitative estimate of drug-likeness (QED) is 0.477. The van der Waals surface area contributed by atoms with E-state index < -0.39 is 39.6 Å². The molecule has 0 aliphatic rings. The Morgan fingerprint density at radius 2 is 1.48 bits per heavy atom. The zero-order valence-electron chi connectivity index (χ0n) is 10.2. The molecule has 0 amide bonds. The maximum atomic E-state index is 13.6. The monoisotopic (exact) mass is 368 g/mol. The average molecular weight is 369 g/mol. The van der Waals surface area contributed by atoms with Crippen LogP contribution in [0.4, 0.5) is 26.3 Å². The number of hydrogen-bond acceptors (Lipinski definition) is 0. The smallest absolute Gasteiger partial charge is 0.207 e. The van der Waals surface area contributed by atoms with Crippen LogP contribution in [0.3, 0.4) is 0 Å². The molecule has 21 heavy (non-hydrogen) atoms. The lowest BCUT2D eigenvalue weighted by Crippen LogP contribution is -2.07. The van der Waals surface area contributed by atoms with Gasteiger partial charge in [0.25, 0.3) is 0 Å². The summed E-state index contributed by atoms with van der Waals surface area (Å²) in [6.45, 7) is 0. The Morgan fingerprint density at radius 3 is 2.00 bits per heavy atom. The van der Waals surface area contributed by atoms with Crippen molar-refractivity contribution in [2.45, 2.75) is 11.0 Å². The Morgan fingerprint density at radius 1 is 0.905 bits per heavy atom. The molecule has 0 spiro atoms. The Hall–Kier alpha value is -1.50. The molecular formula is C14H7BrF6. The van der Waals surface area contributed by atoms with Crippen molar-refractivity contribution in [3.63, 3.8) is 0 Å². The predicted octanol–water partition coefficient (Wildman–Crippen LogP) is 5.61. The lowest BCUT2D eigenvalue weighted by molar-refractivity contribution is -0.137. The van der Waals surface area contributed by atoms with E-state index in [1.165, 1.54) is 6.07 Å². The summed E-state index contributed by atoms with van der Waals surface area (Å²) in [5.41, 5.74) is -1.47. The van der Waals surface area contributed by atoms with Gasteiger partial charge in [0, 0.05) is 17.7 Å². The molecule has 0 saturated heterocycles. The lowest BCUT2D eigenvalue weighted by Gasteiger charge is -2.15. The Bertz CT molecular complexity index is 642. The fourth-order valence-electron chi connectivity index (χ4n) is 1.83. The molecule has 2 aromatic rings. The highest BCUT2D eigenvalue weighted by Gasteiger charge is 2.31. The van der Waals surface area contributed by atoms with Crippen LogP contribution in [-0.4, -0.2) is 0 Å². The lowest BCUT2D eigenvalue weighted by atomic mass is 10.0. The Kier molecular flexibility index (Phi) is 4.32. The van der Waals surface area contributed by atoms with Crippen molar-refractivity contribution >= 4 is 15.9 Å². The molecule has 0 heterocycles. The molecule has 7 heteroatoms. The van der Waals surface area contributed by atoms with Crippen LogP contribution in [0.1, 0.15) is 21.5 Å². The molecule has 2 rings (SSSR count). The van der Waals surface area contributed by atoms with E-state index in [0.717, 1.165) is 18.2 Å². The first-order valence-corrected chi connectivity index (χ1v) is 6.57. The molecule has 0 N–H and O–H groups in total. The van der Waals surface area contributed by atoms with Crippen LogP contribution in [0.25, 0.3) is 0 Å². The summed E-state index contributed by atoms with van der Waals surface area (Å²) >= 11 is 2.95. The molecule has 0 radical (unpaired) electrons. The SMILES string of the molecule is Fc1cc(F)c(C(Br)c2cccc(C(F)(F)F)c2)c(F)c1. The van der Waals surface area contributed by atoms with Crippen molar-refractivity contribution in [3.05, 3.63) is 70.5 Å². The van der Waals surface area contributed by atoms with Crippen molar-refractivity contribution in [1.29, 1.82) is 0 Å². The van der Waals surface area contributed by atoms with E-state index in [4.69, 9.17) is 0 Å². The highest BCUT2D eigenvalue weighted by Crippen LogP contribution is 2.37. The van der Waals surface area contributed by atoms with Crippen LogP contribution < -0.4 is 0 Å². The van der Waals surface area contributed by atoms with Gasteiger partial charge < -0.3 is 0 Å². The van der Waals surface area contributed by atoms with Gasteiger partial charge in [0.15, 0.2) is 0 Å². The molecular weight excluding hydrogens is 362 g/mol. The number of hydrogen-bond donors (Lipinski definition) is 0. The second kappa shape index (κ2) is 5.71. The third-order valence-corrected chi connectivity index (χ3v) is 3.79. The Balaban J connectivity index is 2.48. The molecule has 1 unspecified atom stereocenters. The summed E-state index contributed by atoms with van der Waals surface area (Å²) < 4.78 is 78.0. The van der Waals surface area contributed by atoms with Gasteiger partial charge in [-0.1, -0.05) is 34.1 Å². The van der Waals surface area contributed by atoms with Crippen molar-refractivity contribution in [3.8, 4) is 0 Å². The van der Waals surface area contributed by atoms with E-state index in [9.17, 15) is 26.3 Å². The zero-order valence-corrected chi connectivity index (χ0v) is 11.8. The number of rotatable bonds is 2. The summed E-state index contributed by atoms with van der Waals surface area (Å²) in [5.74, 6) is -3.45. The zero-order chi connectivity index (χ0) is 15.8. The minimum atomic E-state index is -4.57. The second-order valence-electron chi connectivity index (χ2n) is 4.27. The summed E-state index contributed by atoms with van der Waals surface area (Å²) in [7, 11) is 0. The van der Waals surface area contributed by atoms with Gasteiger partial charge in [0.1, 0.15) is 17.5 Å². The summed E-state index contributed by atoms with van der Waals surface area (Å²) in [5, 5.41) is 0. The van der Waals surface area contributed by atoms with Gasteiger partial charge in [-0.15, -0.1) is 0 Å². The van der Waals surface area contributed by atoms with Crippen LogP contribution in [0.5, 0.6) is 0 Å². The van der Waals surface area contributed by atoms with Crippen LogP contribution in [0.2, 0.25) is 0 Å². The van der Waals surface area contributed by atoms with E-state index in [1.807, 2.05) is 0 Å². The number of halogens is 7. The van der Waals surface area contributed by atoms with E-state index in [0.29, 0.717) is 12.1 Å². The molecule has 0 aliphatic carbocycles. The molecule has 0 nitrogen and oxygen atoms in total. The summed E-state index contributed by atoms with van der Waals surface area (Å²) in [6, 6.07) is 4.99. The first kappa shape index (κ1) is 15.9. The van der Waals surface area contributed by atoms with E-state index >= 15 is 0 Å². The van der Waals surface area contributed by atoms with E-state index in [1.54, 1.807) is 0 Å². The molecule has 0 aromatic heterocycles. The van der Waals surface area contributed by atoms with Crippen molar-refractivity contribution in [2.75, 3.05) is 0 Å². The van der Waals surface area contributed by atoms with E-state index in [2.05, 4.69) is 15.9 Å². The van der Waals surface area contributed by atoms with Gasteiger partial charge in [0.2, 0.25) is 0 Å². The highest BCUT2D eigenvalue weighted by molar-refractivity contribution is 9.09. The topological polar surface area (TPSA) is 0 Å². The second-order valence-corrected chi connectivity index (χ2v) is 5.18. The van der Waals surface area contributed by atoms with Gasteiger partial charge in [-0.2, -0.15) is 13.2 Å². The van der Waals surface area contributed by atoms with Gasteiger partial charge in [-0.25, -0.2) is 13.2 Å². The largest absolute Gasteiger partial charge is 0.416 e. The average Bonchev–Trinajstić information content (AvgIpc) is 2.36. The van der Waals surface area contributed by atoms with Gasteiger partial charge in [0.05, 0.1) is 10.4 Å². The molecule has 112 valence electrons. The van der Waals surface area contributed by atoms with Crippen LogP contribution in [0.15, 0.2) is 36.4 Å². The first-order valence-electron chi connectivity index (χ1n) is 5.66. The molecule has 2 aromatic carbocycles. The van der Waals surface area contributed by atoms with Crippen LogP contribution in [-0.2, 0) is 6.18 Å². The molecule has 0 saturated carbocycles. The van der Waals surface area contributed by atoms with Crippen molar-refractivity contribution < 1.29 is 26.3 Å². The van der Waals surface area contributed by atoms with Gasteiger partial charge in [-0.05, 0) is 11.6 Å². The van der Waals surface area contributed by atoms with Gasteiger partial charge >= 0.3 is 6.18 Å². The summed E-state index contributed by atoms with van der Waals surface area (Å²) in [4.78, 5) is -1.17. The number of alkyl halides is 4. The molecule has 0 fully saturated rings. The predicted molar refractivity (Wildman–Crippen MR) is 68.5 cm³/mol.